The van der Waals surface area contributed by atoms with E-state index < -0.39 is 29.8 Å². The standard InChI is InChI=1S/C29H37F2N3O3/c1-3-4-7-20-10-11-34(29(20)37)18(2)28(36)33-26(14-19-12-23(30)16-24(31)13-19)27(35)25-15-21-8-5-6-9-22(21)17-32-25/h5-6,8-9,12-13,16,18,20,25-27,32,35H,3-4,7,10-11,14-15,17H2,1-2H3,(H,33,36)/t18-,20-,25+,26-,27-/m0/s1. The summed E-state index contributed by atoms with van der Waals surface area (Å²) in [5.41, 5.74) is 2.60. The van der Waals surface area contributed by atoms with Gasteiger partial charge in [0.1, 0.15) is 17.7 Å². The lowest BCUT2D eigenvalue weighted by atomic mass is 9.88. The van der Waals surface area contributed by atoms with Gasteiger partial charge in [0.25, 0.3) is 0 Å². The second-order valence-corrected chi connectivity index (χ2v) is 10.4. The normalized spacial score (nSPS) is 21.9. The first-order valence-electron chi connectivity index (χ1n) is 13.3. The van der Waals surface area contributed by atoms with Crippen LogP contribution < -0.4 is 10.6 Å². The van der Waals surface area contributed by atoms with E-state index in [0.29, 0.717) is 25.1 Å². The molecule has 0 radical (unpaired) electrons. The van der Waals surface area contributed by atoms with Gasteiger partial charge in [0.05, 0.1) is 12.1 Å². The van der Waals surface area contributed by atoms with E-state index in [0.717, 1.165) is 42.9 Å². The lowest BCUT2D eigenvalue weighted by Crippen LogP contribution is -2.58. The summed E-state index contributed by atoms with van der Waals surface area (Å²) >= 11 is 0. The lowest BCUT2D eigenvalue weighted by molar-refractivity contribution is -0.139. The zero-order valence-electron chi connectivity index (χ0n) is 21.6. The van der Waals surface area contributed by atoms with Crippen molar-refractivity contribution in [1.29, 1.82) is 0 Å². The number of hydrogen-bond acceptors (Lipinski definition) is 4. The molecular weight excluding hydrogens is 476 g/mol. The average molecular weight is 514 g/mol. The Kier molecular flexibility index (Phi) is 8.92. The Bertz CT molecular complexity index is 1090. The third-order valence-electron chi connectivity index (χ3n) is 7.75. The zero-order chi connectivity index (χ0) is 26.5. The van der Waals surface area contributed by atoms with Crippen molar-refractivity contribution in [1.82, 2.24) is 15.5 Å². The highest BCUT2D eigenvalue weighted by molar-refractivity contribution is 5.89. The molecule has 2 amide bonds. The molecule has 5 atom stereocenters. The number of hydrogen-bond donors (Lipinski definition) is 3. The summed E-state index contributed by atoms with van der Waals surface area (Å²) in [6, 6.07) is 9.30. The van der Waals surface area contributed by atoms with Gasteiger partial charge in [-0.3, -0.25) is 9.59 Å². The number of likely N-dealkylation sites (tertiary alicyclic amines) is 1. The maximum Gasteiger partial charge on any atom is 0.242 e. The van der Waals surface area contributed by atoms with Gasteiger partial charge in [-0.25, -0.2) is 8.78 Å². The summed E-state index contributed by atoms with van der Waals surface area (Å²) in [4.78, 5) is 27.8. The Labute approximate surface area is 217 Å². The number of fused-ring (bicyclic) bond motifs is 1. The molecule has 2 heterocycles. The summed E-state index contributed by atoms with van der Waals surface area (Å²) in [5.74, 6) is -1.88. The number of benzene rings is 2. The molecule has 37 heavy (non-hydrogen) atoms. The first kappa shape index (κ1) is 27.2. The van der Waals surface area contributed by atoms with Crippen molar-refractivity contribution in [2.75, 3.05) is 6.54 Å². The lowest BCUT2D eigenvalue weighted by Gasteiger charge is -2.35. The van der Waals surface area contributed by atoms with Crippen LogP contribution in [-0.2, 0) is 29.0 Å². The maximum atomic E-state index is 13.9. The quantitative estimate of drug-likeness (QED) is 0.454. The fourth-order valence-corrected chi connectivity index (χ4v) is 5.55. The summed E-state index contributed by atoms with van der Waals surface area (Å²) in [6.07, 6.45) is 3.11. The molecule has 0 unspecified atom stereocenters. The molecule has 0 saturated carbocycles. The van der Waals surface area contributed by atoms with E-state index in [1.165, 1.54) is 12.1 Å². The van der Waals surface area contributed by atoms with Gasteiger partial charge in [0.2, 0.25) is 11.8 Å². The van der Waals surface area contributed by atoms with Crippen LogP contribution in [0.2, 0.25) is 0 Å². The van der Waals surface area contributed by atoms with Crippen LogP contribution >= 0.6 is 0 Å². The van der Waals surface area contributed by atoms with E-state index in [4.69, 9.17) is 0 Å². The van der Waals surface area contributed by atoms with E-state index >= 15 is 0 Å². The van der Waals surface area contributed by atoms with Gasteiger partial charge in [-0.05, 0) is 61.4 Å². The van der Waals surface area contributed by atoms with Crippen molar-refractivity contribution in [3.05, 3.63) is 70.8 Å². The molecule has 2 aliphatic heterocycles. The van der Waals surface area contributed by atoms with E-state index in [1.807, 2.05) is 24.3 Å². The second-order valence-electron chi connectivity index (χ2n) is 10.4. The predicted octanol–water partition coefficient (Wildman–Crippen LogP) is 3.49. The first-order chi connectivity index (χ1) is 17.8. The van der Waals surface area contributed by atoms with Gasteiger partial charge < -0.3 is 20.6 Å². The minimum absolute atomic E-state index is 0.00838. The highest BCUT2D eigenvalue weighted by Crippen LogP contribution is 2.26. The van der Waals surface area contributed by atoms with Crippen molar-refractivity contribution in [3.63, 3.8) is 0 Å². The van der Waals surface area contributed by atoms with E-state index in [1.54, 1.807) is 11.8 Å². The van der Waals surface area contributed by atoms with Crippen LogP contribution in [0.1, 0.15) is 56.2 Å². The molecule has 3 N–H and O–H groups in total. The van der Waals surface area contributed by atoms with Gasteiger partial charge in [0.15, 0.2) is 0 Å². The minimum Gasteiger partial charge on any atom is -0.389 e. The third-order valence-corrected chi connectivity index (χ3v) is 7.75. The van der Waals surface area contributed by atoms with Crippen LogP contribution in [0.3, 0.4) is 0 Å². The molecule has 4 rings (SSSR count). The number of halogens is 2. The molecule has 200 valence electrons. The van der Waals surface area contributed by atoms with Crippen molar-refractivity contribution >= 4 is 11.8 Å². The number of aliphatic hydroxyl groups excluding tert-OH is 1. The fraction of sp³-hybridized carbons (Fsp3) is 0.517. The molecule has 2 aromatic carbocycles. The van der Waals surface area contributed by atoms with Crippen LogP contribution in [0.25, 0.3) is 0 Å². The smallest absolute Gasteiger partial charge is 0.242 e. The van der Waals surface area contributed by atoms with Crippen LogP contribution in [-0.4, -0.2) is 52.6 Å². The molecule has 6 nitrogen and oxygen atoms in total. The predicted molar refractivity (Wildman–Crippen MR) is 138 cm³/mol. The number of carbonyl (C=O) groups excluding carboxylic acids is 2. The van der Waals surface area contributed by atoms with Crippen molar-refractivity contribution < 1.29 is 23.5 Å². The molecule has 0 bridgehead atoms. The Morgan fingerprint density at radius 3 is 2.59 bits per heavy atom. The molecule has 0 aromatic heterocycles. The Morgan fingerprint density at radius 1 is 1.19 bits per heavy atom. The van der Waals surface area contributed by atoms with Gasteiger partial charge in [0, 0.05) is 31.1 Å². The van der Waals surface area contributed by atoms with Crippen molar-refractivity contribution in [2.24, 2.45) is 5.92 Å². The monoisotopic (exact) mass is 513 g/mol. The fourth-order valence-electron chi connectivity index (χ4n) is 5.55. The van der Waals surface area contributed by atoms with Crippen LogP contribution in [0, 0.1) is 17.6 Å². The minimum atomic E-state index is -1.03. The van der Waals surface area contributed by atoms with Crippen LogP contribution in [0.4, 0.5) is 8.78 Å². The number of unbranched alkanes of at least 4 members (excludes halogenated alkanes) is 1. The average Bonchev–Trinajstić information content (AvgIpc) is 3.25. The summed E-state index contributed by atoms with van der Waals surface area (Å²) < 4.78 is 27.8. The number of aliphatic hydroxyl groups is 1. The first-order valence-corrected chi connectivity index (χ1v) is 13.3. The molecule has 0 spiro atoms. The summed E-state index contributed by atoms with van der Waals surface area (Å²) in [7, 11) is 0. The topological polar surface area (TPSA) is 81.7 Å². The van der Waals surface area contributed by atoms with Gasteiger partial charge >= 0.3 is 0 Å². The van der Waals surface area contributed by atoms with Crippen LogP contribution in [0.5, 0.6) is 0 Å². The Hall–Kier alpha value is -2.84. The summed E-state index contributed by atoms with van der Waals surface area (Å²) in [5, 5.41) is 17.7. The largest absolute Gasteiger partial charge is 0.389 e. The molecule has 2 aliphatic rings. The highest BCUT2D eigenvalue weighted by Gasteiger charge is 2.38. The zero-order valence-corrected chi connectivity index (χ0v) is 21.6. The Balaban J connectivity index is 1.50. The molecule has 1 fully saturated rings. The molecular formula is C29H37F2N3O3. The number of nitrogens with one attached hydrogen (secondary N) is 2. The van der Waals surface area contributed by atoms with Crippen molar-refractivity contribution in [2.45, 2.75) is 83.1 Å². The molecule has 1 saturated heterocycles. The SMILES string of the molecule is CCCC[C@H]1CCN([C@@H](C)C(=O)N[C@@H](Cc2cc(F)cc(F)c2)[C@@H](O)[C@H]2Cc3ccccc3CN2)C1=O. The molecule has 0 aliphatic carbocycles. The molecule has 8 heteroatoms. The number of nitrogens with zero attached hydrogens (tertiary/aromatic N) is 1. The van der Waals surface area contributed by atoms with E-state index in [9.17, 15) is 23.5 Å². The number of carbonyl (C=O) groups is 2. The Morgan fingerprint density at radius 2 is 1.89 bits per heavy atom. The maximum absolute atomic E-state index is 13.9. The molecule has 2 aromatic rings. The van der Waals surface area contributed by atoms with Gasteiger partial charge in [-0.1, -0.05) is 44.0 Å². The second kappa shape index (κ2) is 12.1. The number of rotatable bonds is 10. The van der Waals surface area contributed by atoms with E-state index in [-0.39, 0.29) is 30.2 Å². The third kappa shape index (κ3) is 6.54. The van der Waals surface area contributed by atoms with Crippen LogP contribution in [0.15, 0.2) is 42.5 Å². The van der Waals surface area contributed by atoms with Gasteiger partial charge in [-0.2, -0.15) is 0 Å². The van der Waals surface area contributed by atoms with E-state index in [2.05, 4.69) is 17.6 Å². The highest BCUT2D eigenvalue weighted by atomic mass is 19.1. The van der Waals surface area contributed by atoms with Crippen molar-refractivity contribution in [3.8, 4) is 0 Å². The number of amides is 2. The summed E-state index contributed by atoms with van der Waals surface area (Å²) in [6.45, 7) is 4.87. The van der Waals surface area contributed by atoms with Gasteiger partial charge in [-0.15, -0.1) is 0 Å².